The number of nitrogens with zero attached hydrogens (tertiary/aromatic N) is 1. The third kappa shape index (κ3) is 5.69. The molecule has 0 spiro atoms. The summed E-state index contributed by atoms with van der Waals surface area (Å²) in [6.45, 7) is -0.462. The maximum atomic E-state index is 13.1. The Morgan fingerprint density at radius 3 is 2.76 bits per heavy atom. The molecule has 8 nitrogen and oxygen atoms in total. The molecule has 2 N–H and O–H groups in total. The minimum Gasteiger partial charge on any atom is -0.482 e. The number of fused-ring (bicyclic) bond motifs is 1. The van der Waals surface area contributed by atoms with E-state index in [1.807, 2.05) is 6.07 Å². The second-order valence-corrected chi connectivity index (χ2v) is 10.6. The first kappa shape index (κ1) is 24.5. The molecule has 4 rings (SSSR count). The quantitative estimate of drug-likeness (QED) is 0.389. The average molecular weight is 568 g/mol. The van der Waals surface area contributed by atoms with Crippen LogP contribution in [0.3, 0.4) is 0 Å². The Kier molecular flexibility index (Phi) is 7.42. The molecule has 0 saturated heterocycles. The molecule has 2 aromatic carbocycles. The highest BCUT2D eigenvalue weighted by atomic mass is 79.9. The summed E-state index contributed by atoms with van der Waals surface area (Å²) in [5.41, 5.74) is 1.58. The Balaban J connectivity index is 1.54. The first-order valence-electron chi connectivity index (χ1n) is 10.3. The van der Waals surface area contributed by atoms with Crippen molar-refractivity contribution in [3.05, 3.63) is 75.4 Å². The lowest BCUT2D eigenvalue weighted by molar-refractivity contribution is -0.139. The van der Waals surface area contributed by atoms with Crippen molar-refractivity contribution in [1.82, 2.24) is 9.71 Å². The lowest BCUT2D eigenvalue weighted by Crippen LogP contribution is -2.31. The van der Waals surface area contributed by atoms with Crippen LogP contribution in [-0.4, -0.2) is 31.1 Å². The van der Waals surface area contributed by atoms with Gasteiger partial charge in [0.25, 0.3) is 0 Å². The van der Waals surface area contributed by atoms with Gasteiger partial charge in [-0.3, -0.25) is 0 Å². The number of halogens is 2. The van der Waals surface area contributed by atoms with Gasteiger partial charge in [-0.25, -0.2) is 22.9 Å². The number of ether oxygens (including phenoxy) is 2. The van der Waals surface area contributed by atoms with Crippen LogP contribution in [0.2, 0.25) is 5.02 Å². The van der Waals surface area contributed by atoms with Crippen molar-refractivity contribution in [3.63, 3.8) is 0 Å². The molecule has 1 aliphatic carbocycles. The summed E-state index contributed by atoms with van der Waals surface area (Å²) in [6.07, 6.45) is 3.22. The molecule has 0 fully saturated rings. The molecule has 1 heterocycles. The van der Waals surface area contributed by atoms with Gasteiger partial charge in [-0.15, -0.1) is 0 Å². The second kappa shape index (κ2) is 10.3. The van der Waals surface area contributed by atoms with Gasteiger partial charge in [0, 0.05) is 11.1 Å². The van der Waals surface area contributed by atoms with Gasteiger partial charge < -0.3 is 14.6 Å². The average Bonchev–Trinajstić information content (AvgIpc) is 2.79. The van der Waals surface area contributed by atoms with Crippen molar-refractivity contribution in [2.45, 2.75) is 30.2 Å². The Hall–Kier alpha value is -2.66. The van der Waals surface area contributed by atoms with Crippen LogP contribution in [-0.2, 0) is 21.2 Å². The number of rotatable bonds is 8. The van der Waals surface area contributed by atoms with E-state index in [-0.39, 0.29) is 10.8 Å². The van der Waals surface area contributed by atoms with Crippen LogP contribution in [0.15, 0.2) is 64.1 Å². The van der Waals surface area contributed by atoms with E-state index in [4.69, 9.17) is 26.2 Å². The number of carboxylic acid groups (broad SMARTS) is 1. The number of sulfonamides is 1. The zero-order chi connectivity index (χ0) is 24.3. The van der Waals surface area contributed by atoms with Crippen LogP contribution in [0.4, 0.5) is 0 Å². The zero-order valence-electron chi connectivity index (χ0n) is 17.7. The van der Waals surface area contributed by atoms with E-state index in [0.717, 1.165) is 17.5 Å². The molecule has 34 heavy (non-hydrogen) atoms. The SMILES string of the molecule is O=C(O)COc1cccc2c1CCC[C@H]2NS(=O)(=O)c1cnc(Oc2cccc(Cl)c2)c(Br)c1. The van der Waals surface area contributed by atoms with E-state index in [2.05, 4.69) is 25.6 Å². The second-order valence-electron chi connectivity index (χ2n) is 7.59. The van der Waals surface area contributed by atoms with Crippen molar-refractivity contribution >= 4 is 43.5 Å². The largest absolute Gasteiger partial charge is 0.482 e. The van der Waals surface area contributed by atoms with Crippen LogP contribution in [0.1, 0.15) is 30.0 Å². The Labute approximate surface area is 210 Å². The number of hydrogen-bond acceptors (Lipinski definition) is 6. The van der Waals surface area contributed by atoms with Crippen molar-refractivity contribution < 1.29 is 27.8 Å². The molecule has 1 aromatic heterocycles. The van der Waals surface area contributed by atoms with E-state index in [9.17, 15) is 13.2 Å². The maximum absolute atomic E-state index is 13.1. The maximum Gasteiger partial charge on any atom is 0.341 e. The van der Waals surface area contributed by atoms with Crippen LogP contribution < -0.4 is 14.2 Å². The zero-order valence-corrected chi connectivity index (χ0v) is 20.9. The lowest BCUT2D eigenvalue weighted by atomic mass is 9.87. The fourth-order valence-electron chi connectivity index (χ4n) is 3.74. The third-order valence-electron chi connectivity index (χ3n) is 5.22. The third-order valence-corrected chi connectivity index (χ3v) is 7.46. The summed E-state index contributed by atoms with van der Waals surface area (Å²) in [5.74, 6) is 0.0425. The Morgan fingerprint density at radius 2 is 2.03 bits per heavy atom. The van der Waals surface area contributed by atoms with Crippen LogP contribution in [0, 0.1) is 0 Å². The van der Waals surface area contributed by atoms with Gasteiger partial charge >= 0.3 is 5.97 Å². The summed E-state index contributed by atoms with van der Waals surface area (Å²) < 4.78 is 40.5. The molecular weight excluding hydrogens is 548 g/mol. The normalized spacial score (nSPS) is 15.4. The molecule has 0 saturated carbocycles. The molecule has 0 amide bonds. The number of pyridine rings is 1. The number of hydrogen-bond donors (Lipinski definition) is 2. The number of carbonyl (C=O) groups is 1. The topological polar surface area (TPSA) is 115 Å². The summed E-state index contributed by atoms with van der Waals surface area (Å²) >= 11 is 9.30. The number of aliphatic carboxylic acids is 1. The van der Waals surface area contributed by atoms with E-state index in [0.29, 0.717) is 33.8 Å². The van der Waals surface area contributed by atoms with Crippen LogP contribution >= 0.6 is 27.5 Å². The standard InChI is InChI=1S/C23H20BrClN2O6S/c24-19-11-16(12-26-23(19)33-15-5-1-4-14(25)10-15)34(30,31)27-20-8-2-7-18-17(20)6-3-9-21(18)32-13-22(28)29/h1,3-6,9-12,20,27H,2,7-8,13H2,(H,28,29)/t20-/m1/s1. The van der Waals surface area contributed by atoms with Crippen molar-refractivity contribution in [1.29, 1.82) is 0 Å². The molecule has 11 heteroatoms. The molecule has 3 aromatic rings. The number of nitrogens with one attached hydrogen (secondary N) is 1. The molecule has 0 unspecified atom stereocenters. The summed E-state index contributed by atoms with van der Waals surface area (Å²) in [4.78, 5) is 15.0. The predicted molar refractivity (Wildman–Crippen MR) is 129 cm³/mol. The molecule has 1 aliphatic rings. The van der Waals surface area contributed by atoms with Crippen molar-refractivity contribution in [3.8, 4) is 17.4 Å². The fourth-order valence-corrected chi connectivity index (χ4v) is 5.72. The molecule has 0 aliphatic heterocycles. The number of benzene rings is 2. The van der Waals surface area contributed by atoms with Crippen LogP contribution in [0.25, 0.3) is 0 Å². The van der Waals surface area contributed by atoms with Gasteiger partial charge in [0.2, 0.25) is 15.9 Å². The smallest absolute Gasteiger partial charge is 0.341 e. The van der Waals surface area contributed by atoms with E-state index >= 15 is 0 Å². The van der Waals surface area contributed by atoms with E-state index < -0.39 is 28.6 Å². The highest BCUT2D eigenvalue weighted by Gasteiger charge is 2.28. The minimum atomic E-state index is -3.91. The monoisotopic (exact) mass is 566 g/mol. The van der Waals surface area contributed by atoms with Gasteiger partial charge in [0.1, 0.15) is 16.4 Å². The predicted octanol–water partition coefficient (Wildman–Crippen LogP) is 5.11. The molecule has 0 bridgehead atoms. The van der Waals surface area contributed by atoms with E-state index in [1.165, 1.54) is 12.3 Å². The highest BCUT2D eigenvalue weighted by molar-refractivity contribution is 9.10. The number of carboxylic acids is 1. The molecule has 1 atom stereocenters. The van der Waals surface area contributed by atoms with Crippen molar-refractivity contribution in [2.24, 2.45) is 0 Å². The molecule has 178 valence electrons. The first-order chi connectivity index (χ1) is 16.2. The summed E-state index contributed by atoms with van der Waals surface area (Å²) in [7, 11) is -3.91. The van der Waals surface area contributed by atoms with Gasteiger partial charge in [-0.2, -0.15) is 0 Å². The Bertz CT molecular complexity index is 1330. The summed E-state index contributed by atoms with van der Waals surface area (Å²) in [5, 5.41) is 9.41. The Morgan fingerprint density at radius 1 is 1.24 bits per heavy atom. The fraction of sp³-hybridized carbons (Fsp3) is 0.217. The first-order valence-corrected chi connectivity index (χ1v) is 13.0. The van der Waals surface area contributed by atoms with Gasteiger partial charge in [-0.05, 0) is 76.7 Å². The van der Waals surface area contributed by atoms with Gasteiger partial charge in [-0.1, -0.05) is 29.8 Å². The van der Waals surface area contributed by atoms with E-state index in [1.54, 1.807) is 36.4 Å². The molecular formula is C23H20BrClN2O6S. The van der Waals surface area contributed by atoms with Crippen LogP contribution in [0.5, 0.6) is 17.4 Å². The minimum absolute atomic E-state index is 0.0248. The van der Waals surface area contributed by atoms with Gasteiger partial charge in [0.05, 0.1) is 10.7 Å². The van der Waals surface area contributed by atoms with Gasteiger partial charge in [0.15, 0.2) is 6.61 Å². The van der Waals surface area contributed by atoms with Crippen molar-refractivity contribution in [2.75, 3.05) is 6.61 Å². The highest BCUT2D eigenvalue weighted by Crippen LogP contribution is 2.37. The lowest BCUT2D eigenvalue weighted by Gasteiger charge is -2.27. The summed E-state index contributed by atoms with van der Waals surface area (Å²) in [6, 6.07) is 13.0. The number of aromatic nitrogens is 1. The molecule has 0 radical (unpaired) electrons.